The van der Waals surface area contributed by atoms with Gasteiger partial charge in [-0.1, -0.05) is 42.5 Å². The molecule has 8 nitrogen and oxygen atoms in total. The van der Waals surface area contributed by atoms with Crippen LogP contribution in [-0.4, -0.2) is 31.6 Å². The molecular formula is C20H23N5O3S2. The van der Waals surface area contributed by atoms with Gasteiger partial charge in [0.15, 0.2) is 5.13 Å². The first kappa shape index (κ1) is 20.7. The molecule has 1 saturated heterocycles. The van der Waals surface area contributed by atoms with Gasteiger partial charge in [0.25, 0.3) is 0 Å². The van der Waals surface area contributed by atoms with E-state index in [0.717, 1.165) is 22.9 Å². The van der Waals surface area contributed by atoms with Gasteiger partial charge in [-0.05, 0) is 42.2 Å². The van der Waals surface area contributed by atoms with Gasteiger partial charge in [-0.25, -0.2) is 24.3 Å². The van der Waals surface area contributed by atoms with Crippen LogP contribution in [0.1, 0.15) is 30.5 Å². The molecule has 0 aliphatic carbocycles. The van der Waals surface area contributed by atoms with Crippen LogP contribution < -0.4 is 20.9 Å². The van der Waals surface area contributed by atoms with Gasteiger partial charge in [0, 0.05) is 11.7 Å². The molecular weight excluding hydrogens is 422 g/mol. The number of rotatable bonds is 6. The van der Waals surface area contributed by atoms with E-state index in [-0.39, 0.29) is 18.0 Å². The Morgan fingerprint density at radius 2 is 1.97 bits per heavy atom. The number of hydrogen-bond donors (Lipinski definition) is 4. The van der Waals surface area contributed by atoms with Gasteiger partial charge in [-0.2, -0.15) is 0 Å². The average molecular weight is 446 g/mol. The van der Waals surface area contributed by atoms with Crippen molar-refractivity contribution >= 4 is 48.3 Å². The molecule has 1 fully saturated rings. The molecule has 0 bridgehead atoms. The SMILES string of the molecule is CCc1ccc(C2CC(C(=O)Nc3ccc4nc(NS(C)(=O)=O)sc4c3)NN2)cc1. The highest BCUT2D eigenvalue weighted by atomic mass is 32.2. The number of sulfonamides is 1. The van der Waals surface area contributed by atoms with Gasteiger partial charge in [-0.3, -0.25) is 9.52 Å². The Morgan fingerprint density at radius 1 is 1.20 bits per heavy atom. The average Bonchev–Trinajstić information content (AvgIpc) is 3.33. The number of thiazole rings is 1. The van der Waals surface area contributed by atoms with E-state index in [1.807, 2.05) is 0 Å². The van der Waals surface area contributed by atoms with E-state index in [2.05, 4.69) is 57.1 Å². The zero-order valence-corrected chi connectivity index (χ0v) is 18.2. The molecule has 3 aromatic rings. The summed E-state index contributed by atoms with van der Waals surface area (Å²) in [6.45, 7) is 2.12. The highest BCUT2D eigenvalue weighted by molar-refractivity contribution is 7.92. The molecule has 2 unspecified atom stereocenters. The number of anilines is 2. The number of fused-ring (bicyclic) bond motifs is 1. The number of nitrogens with zero attached hydrogens (tertiary/aromatic N) is 1. The largest absolute Gasteiger partial charge is 0.325 e. The third kappa shape index (κ3) is 4.78. The minimum atomic E-state index is -3.38. The summed E-state index contributed by atoms with van der Waals surface area (Å²) in [5.41, 5.74) is 10.0. The number of aryl methyl sites for hydroxylation is 1. The van der Waals surface area contributed by atoms with Crippen LogP contribution >= 0.6 is 11.3 Å². The van der Waals surface area contributed by atoms with Crippen LogP contribution in [0.3, 0.4) is 0 Å². The summed E-state index contributed by atoms with van der Waals surface area (Å²) >= 11 is 1.22. The standard InChI is InChI=1S/C20H23N5O3S2/c1-3-12-4-6-13(7-5-12)16-11-17(24-23-16)19(26)21-14-8-9-15-18(10-14)29-20(22-15)25-30(2,27)28/h4-10,16-17,23-24H,3,11H2,1-2H3,(H,21,26)(H,22,25). The molecule has 0 spiro atoms. The molecule has 1 amide bonds. The zero-order chi connectivity index (χ0) is 21.3. The summed E-state index contributed by atoms with van der Waals surface area (Å²) < 4.78 is 25.9. The molecule has 4 rings (SSSR count). The molecule has 2 aromatic carbocycles. The Kier molecular flexibility index (Phi) is 5.74. The van der Waals surface area contributed by atoms with Crippen molar-refractivity contribution < 1.29 is 13.2 Å². The summed E-state index contributed by atoms with van der Waals surface area (Å²) in [7, 11) is -3.38. The van der Waals surface area contributed by atoms with Crippen molar-refractivity contribution in [1.29, 1.82) is 0 Å². The van der Waals surface area contributed by atoms with E-state index in [1.54, 1.807) is 18.2 Å². The van der Waals surface area contributed by atoms with E-state index in [1.165, 1.54) is 16.9 Å². The van der Waals surface area contributed by atoms with Crippen LogP contribution in [0.4, 0.5) is 10.8 Å². The third-order valence-electron chi connectivity index (χ3n) is 4.94. The Balaban J connectivity index is 1.41. The second-order valence-corrected chi connectivity index (χ2v) is 10.1. The van der Waals surface area contributed by atoms with Crippen LogP contribution in [0.2, 0.25) is 0 Å². The molecule has 0 radical (unpaired) electrons. The number of carbonyl (C=O) groups is 1. The van der Waals surface area contributed by atoms with Crippen LogP contribution in [0.25, 0.3) is 10.2 Å². The van der Waals surface area contributed by atoms with Gasteiger partial charge in [-0.15, -0.1) is 0 Å². The first-order valence-electron chi connectivity index (χ1n) is 9.60. The summed E-state index contributed by atoms with van der Waals surface area (Å²) in [6.07, 6.45) is 2.72. The smallest absolute Gasteiger partial charge is 0.242 e. The van der Waals surface area contributed by atoms with Crippen molar-refractivity contribution in [3.63, 3.8) is 0 Å². The lowest BCUT2D eigenvalue weighted by molar-refractivity contribution is -0.117. The van der Waals surface area contributed by atoms with E-state index < -0.39 is 10.0 Å². The molecule has 1 aliphatic rings. The number of hydrogen-bond acceptors (Lipinski definition) is 7. The van der Waals surface area contributed by atoms with Gasteiger partial charge in [0.05, 0.1) is 16.5 Å². The van der Waals surface area contributed by atoms with Gasteiger partial charge in [0.1, 0.15) is 6.04 Å². The van der Waals surface area contributed by atoms with E-state index in [4.69, 9.17) is 0 Å². The fraction of sp³-hybridized carbons (Fsp3) is 0.300. The van der Waals surface area contributed by atoms with Crippen molar-refractivity contribution in [2.45, 2.75) is 31.8 Å². The van der Waals surface area contributed by atoms with E-state index in [0.29, 0.717) is 22.8 Å². The van der Waals surface area contributed by atoms with Crippen molar-refractivity contribution in [2.24, 2.45) is 0 Å². The predicted octanol–water partition coefficient (Wildman–Crippen LogP) is 2.78. The Morgan fingerprint density at radius 3 is 2.67 bits per heavy atom. The predicted molar refractivity (Wildman–Crippen MR) is 120 cm³/mol. The fourth-order valence-corrected chi connectivity index (χ4v) is 5.11. The van der Waals surface area contributed by atoms with Crippen LogP contribution in [-0.2, 0) is 21.2 Å². The maximum atomic E-state index is 12.7. The van der Waals surface area contributed by atoms with Crippen molar-refractivity contribution in [3.05, 3.63) is 53.6 Å². The van der Waals surface area contributed by atoms with Gasteiger partial charge < -0.3 is 5.32 Å². The second-order valence-electron chi connectivity index (χ2n) is 7.29. The molecule has 158 valence electrons. The summed E-state index contributed by atoms with van der Waals surface area (Å²) in [6, 6.07) is 13.4. The van der Waals surface area contributed by atoms with Crippen molar-refractivity contribution in [2.75, 3.05) is 16.3 Å². The maximum absolute atomic E-state index is 12.7. The minimum Gasteiger partial charge on any atom is -0.325 e. The zero-order valence-electron chi connectivity index (χ0n) is 16.6. The Labute approximate surface area is 179 Å². The Hall–Kier alpha value is -2.53. The molecule has 2 heterocycles. The van der Waals surface area contributed by atoms with Gasteiger partial charge >= 0.3 is 0 Å². The topological polar surface area (TPSA) is 112 Å². The summed E-state index contributed by atoms with van der Waals surface area (Å²) in [5.74, 6) is -0.131. The number of hydrazine groups is 1. The number of nitrogens with one attached hydrogen (secondary N) is 4. The third-order valence-corrected chi connectivity index (χ3v) is 6.57. The molecule has 0 saturated carbocycles. The Bertz CT molecular complexity index is 1170. The molecule has 1 aromatic heterocycles. The van der Waals surface area contributed by atoms with Crippen molar-refractivity contribution in [3.8, 4) is 0 Å². The fourth-order valence-electron chi connectivity index (χ4n) is 3.37. The van der Waals surface area contributed by atoms with Crippen molar-refractivity contribution in [1.82, 2.24) is 15.8 Å². The summed E-state index contributed by atoms with van der Waals surface area (Å²) in [5, 5.41) is 3.22. The highest BCUT2D eigenvalue weighted by Crippen LogP contribution is 2.29. The molecule has 2 atom stereocenters. The monoisotopic (exact) mass is 445 g/mol. The second kappa shape index (κ2) is 8.31. The minimum absolute atomic E-state index is 0.0697. The van der Waals surface area contributed by atoms with E-state index >= 15 is 0 Å². The van der Waals surface area contributed by atoms with Gasteiger partial charge in [0.2, 0.25) is 15.9 Å². The lowest BCUT2D eigenvalue weighted by atomic mass is 10.00. The molecule has 4 N–H and O–H groups in total. The van der Waals surface area contributed by atoms with Crippen LogP contribution in [0.5, 0.6) is 0 Å². The van der Waals surface area contributed by atoms with Crippen LogP contribution in [0.15, 0.2) is 42.5 Å². The van der Waals surface area contributed by atoms with Crippen LogP contribution in [0, 0.1) is 0 Å². The normalized spacial score (nSPS) is 19.1. The number of aromatic nitrogens is 1. The first-order chi connectivity index (χ1) is 14.3. The first-order valence-corrected chi connectivity index (χ1v) is 12.3. The highest BCUT2D eigenvalue weighted by Gasteiger charge is 2.30. The lowest BCUT2D eigenvalue weighted by Gasteiger charge is -2.11. The van der Waals surface area contributed by atoms with E-state index in [9.17, 15) is 13.2 Å². The maximum Gasteiger partial charge on any atom is 0.242 e. The molecule has 1 aliphatic heterocycles. The number of benzene rings is 2. The lowest BCUT2D eigenvalue weighted by Crippen LogP contribution is -2.39. The molecule has 30 heavy (non-hydrogen) atoms. The number of amides is 1. The summed E-state index contributed by atoms with van der Waals surface area (Å²) in [4.78, 5) is 16.9. The molecule has 10 heteroatoms. The number of carbonyl (C=O) groups excluding carboxylic acids is 1. The quantitative estimate of drug-likeness (QED) is 0.464.